The van der Waals surface area contributed by atoms with Crippen molar-refractivity contribution in [3.63, 3.8) is 0 Å². The van der Waals surface area contributed by atoms with E-state index in [2.05, 4.69) is 33.3 Å². The molecular weight excluding hydrogens is 564 g/mol. The van der Waals surface area contributed by atoms with Gasteiger partial charge >= 0.3 is 6.09 Å². The van der Waals surface area contributed by atoms with Gasteiger partial charge in [0.05, 0.1) is 45.8 Å². The molecule has 4 N–H and O–H groups in total. The van der Waals surface area contributed by atoms with Crippen LogP contribution < -0.4 is 15.8 Å². The molecular formula is C29H35ClN6O4S. The predicted octanol–water partition coefficient (Wildman–Crippen LogP) is 5.67. The van der Waals surface area contributed by atoms with E-state index in [4.69, 9.17) is 27.1 Å². The average molecular weight is 599 g/mol. The molecule has 2 aromatic heterocycles. The molecule has 0 spiro atoms. The summed E-state index contributed by atoms with van der Waals surface area (Å²) in [6.45, 7) is 9.44. The summed E-state index contributed by atoms with van der Waals surface area (Å²) in [6, 6.07) is 10.9. The Balaban J connectivity index is 1.92. The number of fused-ring (bicyclic) bond motifs is 1. The van der Waals surface area contributed by atoms with Crippen molar-refractivity contribution in [3.8, 4) is 11.1 Å². The summed E-state index contributed by atoms with van der Waals surface area (Å²) in [7, 11) is -1.93. The van der Waals surface area contributed by atoms with E-state index in [1.165, 1.54) is 6.20 Å². The third-order valence-electron chi connectivity index (χ3n) is 6.19. The summed E-state index contributed by atoms with van der Waals surface area (Å²) in [5, 5.41) is 8.15. The lowest BCUT2D eigenvalue weighted by molar-refractivity contribution is 0.0502. The van der Waals surface area contributed by atoms with Crippen molar-refractivity contribution in [2.24, 2.45) is 7.05 Å². The van der Waals surface area contributed by atoms with Gasteiger partial charge in [-0.2, -0.15) is 5.10 Å². The lowest BCUT2D eigenvalue weighted by Gasteiger charge is -2.25. The number of aromatic nitrogens is 3. The van der Waals surface area contributed by atoms with Crippen molar-refractivity contribution < 1.29 is 17.9 Å². The van der Waals surface area contributed by atoms with Crippen LogP contribution in [0.2, 0.25) is 5.02 Å². The van der Waals surface area contributed by atoms with Crippen LogP contribution >= 0.6 is 11.6 Å². The molecule has 1 atom stereocenters. The Morgan fingerprint density at radius 1 is 1.12 bits per heavy atom. The molecule has 2 aromatic carbocycles. The monoisotopic (exact) mass is 598 g/mol. The second-order valence-electron chi connectivity index (χ2n) is 11.3. The highest BCUT2D eigenvalue weighted by Gasteiger charge is 2.27. The maximum absolute atomic E-state index is 13.0. The number of pyridine rings is 1. The molecule has 0 fully saturated rings. The summed E-state index contributed by atoms with van der Waals surface area (Å²) >= 11 is 6.56. The van der Waals surface area contributed by atoms with Crippen molar-refractivity contribution in [2.75, 3.05) is 16.7 Å². The highest BCUT2D eigenvalue weighted by molar-refractivity contribution is 7.92. The van der Waals surface area contributed by atoms with Crippen LogP contribution in [-0.4, -0.2) is 41.1 Å². The van der Waals surface area contributed by atoms with E-state index in [9.17, 15) is 13.2 Å². The molecule has 0 radical (unpaired) electrons. The normalized spacial score (nSPS) is 12.8. The van der Waals surface area contributed by atoms with Crippen LogP contribution in [0.1, 0.15) is 49.2 Å². The number of hydrogen-bond donors (Lipinski definition) is 3. The topological polar surface area (TPSA) is 141 Å². The zero-order valence-corrected chi connectivity index (χ0v) is 25.7. The SMILES string of the molecule is Cc1cc(C)cc(CC(NC(=O)OC(C)(C)C)c2ncc(N)cc2-c2ccc(Cl)c3c(NS(C)(=O)=O)nn(C)c23)c1. The lowest BCUT2D eigenvalue weighted by atomic mass is 9.93. The number of amides is 1. The minimum Gasteiger partial charge on any atom is -0.444 e. The number of carbonyl (C=O) groups excluding carboxylic acids is 1. The van der Waals surface area contributed by atoms with Gasteiger partial charge in [-0.05, 0) is 58.7 Å². The molecule has 0 aliphatic carbocycles. The molecule has 0 saturated carbocycles. The first-order valence-corrected chi connectivity index (χ1v) is 15.2. The Morgan fingerprint density at radius 2 is 1.78 bits per heavy atom. The molecule has 10 nitrogen and oxygen atoms in total. The smallest absolute Gasteiger partial charge is 0.408 e. The Bertz CT molecular complexity index is 1720. The quantitative estimate of drug-likeness (QED) is 0.249. The van der Waals surface area contributed by atoms with Gasteiger partial charge in [0.1, 0.15) is 5.60 Å². The molecule has 1 amide bonds. The molecule has 218 valence electrons. The molecule has 12 heteroatoms. The average Bonchev–Trinajstić information content (AvgIpc) is 3.12. The van der Waals surface area contributed by atoms with Crippen molar-refractivity contribution in [2.45, 2.75) is 52.7 Å². The Morgan fingerprint density at radius 3 is 2.39 bits per heavy atom. The number of sulfonamides is 1. The van der Waals surface area contributed by atoms with Crippen molar-refractivity contribution in [3.05, 3.63) is 70.0 Å². The van der Waals surface area contributed by atoms with Gasteiger partial charge in [0.25, 0.3) is 0 Å². The molecule has 0 aliphatic heterocycles. The number of nitrogens with two attached hydrogens (primary N) is 1. The zero-order valence-electron chi connectivity index (χ0n) is 24.2. The van der Waals surface area contributed by atoms with Crippen LogP contribution in [0.15, 0.2) is 42.6 Å². The number of hydrogen-bond acceptors (Lipinski definition) is 7. The van der Waals surface area contributed by atoms with Gasteiger partial charge in [0.2, 0.25) is 10.0 Å². The van der Waals surface area contributed by atoms with E-state index < -0.39 is 27.8 Å². The van der Waals surface area contributed by atoms with Crippen LogP contribution in [0.3, 0.4) is 0 Å². The number of benzene rings is 2. The van der Waals surface area contributed by atoms with Gasteiger partial charge in [-0.15, -0.1) is 0 Å². The molecule has 1 unspecified atom stereocenters. The summed E-state index contributed by atoms with van der Waals surface area (Å²) in [5.41, 5.74) is 11.5. The highest BCUT2D eigenvalue weighted by atomic mass is 35.5. The molecule has 2 heterocycles. The van der Waals surface area contributed by atoms with Crippen LogP contribution in [-0.2, 0) is 28.2 Å². The molecule has 4 aromatic rings. The maximum Gasteiger partial charge on any atom is 0.408 e. The third-order valence-corrected chi connectivity index (χ3v) is 7.07. The molecule has 0 saturated heterocycles. The Labute approximate surface area is 245 Å². The van der Waals surface area contributed by atoms with Gasteiger partial charge < -0.3 is 15.8 Å². The van der Waals surface area contributed by atoms with E-state index in [1.54, 1.807) is 50.7 Å². The number of anilines is 2. The fraction of sp³-hybridized carbons (Fsp3) is 0.345. The van der Waals surface area contributed by atoms with Crippen LogP contribution in [0.5, 0.6) is 0 Å². The predicted molar refractivity (Wildman–Crippen MR) is 164 cm³/mol. The standard InChI is InChI=1S/C29H35ClN6O4S/c1-16-10-17(2)12-18(11-16)13-23(33-28(37)40-29(3,4)5)25-21(14-19(31)15-32-25)20-8-9-22(30)24-26(20)36(6)34-27(24)35-41(7,38)39/h8-12,14-15,23H,13,31H2,1-7H3,(H,33,37)(H,34,35). The summed E-state index contributed by atoms with van der Waals surface area (Å²) in [6.07, 6.45) is 2.43. The van der Waals surface area contributed by atoms with E-state index >= 15 is 0 Å². The minimum atomic E-state index is -3.63. The number of nitrogens with one attached hydrogen (secondary N) is 2. The fourth-order valence-corrected chi connectivity index (χ4v) is 5.65. The van der Waals surface area contributed by atoms with Gasteiger partial charge in [0, 0.05) is 18.2 Å². The van der Waals surface area contributed by atoms with Gasteiger partial charge in [-0.1, -0.05) is 47.0 Å². The largest absolute Gasteiger partial charge is 0.444 e. The first-order chi connectivity index (χ1) is 19.0. The molecule has 0 bridgehead atoms. The van der Waals surface area contributed by atoms with Gasteiger partial charge in [-0.3, -0.25) is 14.4 Å². The van der Waals surface area contributed by atoms with E-state index in [0.717, 1.165) is 22.9 Å². The Kier molecular flexibility index (Phi) is 8.24. The summed E-state index contributed by atoms with van der Waals surface area (Å²) in [5.74, 6) is 0.105. The number of alkyl carbamates (subject to hydrolysis) is 1. The summed E-state index contributed by atoms with van der Waals surface area (Å²) in [4.78, 5) is 17.7. The first kappa shape index (κ1) is 30.1. The summed E-state index contributed by atoms with van der Waals surface area (Å²) < 4.78 is 33.7. The van der Waals surface area contributed by atoms with Crippen molar-refractivity contribution in [1.29, 1.82) is 0 Å². The van der Waals surface area contributed by atoms with E-state index in [1.807, 2.05) is 13.8 Å². The fourth-order valence-electron chi connectivity index (χ4n) is 4.92. The van der Waals surface area contributed by atoms with Crippen molar-refractivity contribution in [1.82, 2.24) is 20.1 Å². The number of carbonyl (C=O) groups is 1. The van der Waals surface area contributed by atoms with Gasteiger partial charge in [0.15, 0.2) is 5.82 Å². The second-order valence-corrected chi connectivity index (χ2v) is 13.4. The van der Waals surface area contributed by atoms with Crippen LogP contribution in [0, 0.1) is 13.8 Å². The number of halogens is 1. The zero-order chi connectivity index (χ0) is 30.3. The number of nitrogens with zero attached hydrogens (tertiary/aromatic N) is 3. The first-order valence-electron chi connectivity index (χ1n) is 13.0. The van der Waals surface area contributed by atoms with Crippen molar-refractivity contribution >= 4 is 50.1 Å². The van der Waals surface area contributed by atoms with Gasteiger partial charge in [-0.25, -0.2) is 13.2 Å². The highest BCUT2D eigenvalue weighted by Crippen LogP contribution is 2.40. The minimum absolute atomic E-state index is 0.105. The number of aryl methyl sites for hydroxylation is 3. The van der Waals surface area contributed by atoms with Crippen LogP contribution in [0.4, 0.5) is 16.3 Å². The lowest BCUT2D eigenvalue weighted by Crippen LogP contribution is -2.36. The molecule has 0 aliphatic rings. The third kappa shape index (κ3) is 7.28. The number of rotatable bonds is 7. The maximum atomic E-state index is 13.0. The number of nitrogen functional groups attached to an aromatic ring is 1. The van der Waals surface area contributed by atoms with E-state index in [-0.39, 0.29) is 5.82 Å². The Hall–Kier alpha value is -3.83. The second kappa shape index (κ2) is 11.2. The van der Waals surface area contributed by atoms with Crippen LogP contribution in [0.25, 0.3) is 22.0 Å². The molecule has 41 heavy (non-hydrogen) atoms. The molecule has 4 rings (SSSR count). The number of ether oxygens (including phenoxy) is 1. The van der Waals surface area contributed by atoms with E-state index in [0.29, 0.717) is 44.9 Å².